The number of aryl methyl sites for hydroxylation is 1. The average molecular weight is 329 g/mol. The Morgan fingerprint density at radius 2 is 2.38 bits per heavy atom. The van der Waals surface area contributed by atoms with E-state index in [0.29, 0.717) is 18.7 Å². The van der Waals surface area contributed by atoms with Gasteiger partial charge >= 0.3 is 0 Å². The van der Waals surface area contributed by atoms with Gasteiger partial charge in [-0.2, -0.15) is 5.10 Å². The van der Waals surface area contributed by atoms with Crippen LogP contribution in [-0.2, 0) is 24.3 Å². The van der Waals surface area contributed by atoms with Gasteiger partial charge in [0.2, 0.25) is 0 Å². The van der Waals surface area contributed by atoms with Crippen LogP contribution in [-0.4, -0.2) is 34.5 Å². The van der Waals surface area contributed by atoms with Crippen molar-refractivity contribution in [3.05, 3.63) is 52.8 Å². The van der Waals surface area contributed by atoms with Gasteiger partial charge in [0, 0.05) is 12.7 Å². The smallest absolute Gasteiger partial charge is 0.251 e. The van der Waals surface area contributed by atoms with Crippen molar-refractivity contribution in [2.75, 3.05) is 13.7 Å². The molecule has 1 heterocycles. The number of methoxy groups -OCH3 is 1. The molecule has 1 aliphatic carbocycles. The van der Waals surface area contributed by atoms with Gasteiger partial charge in [-0.05, 0) is 42.5 Å². The average Bonchev–Trinajstić information content (AvgIpc) is 3.04. The van der Waals surface area contributed by atoms with Crippen molar-refractivity contribution < 1.29 is 14.6 Å². The molecule has 6 nitrogen and oxygen atoms in total. The predicted octanol–water partition coefficient (Wildman–Crippen LogP) is 1.83. The van der Waals surface area contributed by atoms with Crippen molar-refractivity contribution in [1.29, 1.82) is 0 Å². The highest BCUT2D eigenvalue weighted by Crippen LogP contribution is 2.30. The number of aromatic nitrogens is 2. The molecular formula is C18H23N3O3. The van der Waals surface area contributed by atoms with Gasteiger partial charge in [0.05, 0.1) is 37.7 Å². The molecule has 2 N–H and O–H groups in total. The Bertz CT molecular complexity index is 711. The van der Waals surface area contributed by atoms with E-state index >= 15 is 0 Å². The van der Waals surface area contributed by atoms with E-state index in [1.54, 1.807) is 31.4 Å². The molecule has 3 rings (SSSR count). The zero-order valence-electron chi connectivity index (χ0n) is 13.9. The van der Waals surface area contributed by atoms with Crippen LogP contribution in [0.1, 0.15) is 46.1 Å². The van der Waals surface area contributed by atoms with Crippen LogP contribution in [0.15, 0.2) is 30.5 Å². The van der Waals surface area contributed by atoms with Gasteiger partial charge in [-0.15, -0.1) is 0 Å². The maximum absolute atomic E-state index is 12.6. The summed E-state index contributed by atoms with van der Waals surface area (Å²) < 4.78 is 7.08. The van der Waals surface area contributed by atoms with Crippen LogP contribution >= 0.6 is 0 Å². The van der Waals surface area contributed by atoms with Crippen molar-refractivity contribution in [1.82, 2.24) is 15.1 Å². The van der Waals surface area contributed by atoms with E-state index in [2.05, 4.69) is 10.4 Å². The first-order valence-electron chi connectivity index (χ1n) is 8.27. The minimum absolute atomic E-state index is 0.0432. The van der Waals surface area contributed by atoms with Crippen LogP contribution in [0.3, 0.4) is 0 Å². The molecule has 0 spiro atoms. The summed E-state index contributed by atoms with van der Waals surface area (Å²) in [5.74, 6) is -0.123. The van der Waals surface area contributed by atoms with Gasteiger partial charge in [-0.3, -0.25) is 9.48 Å². The summed E-state index contributed by atoms with van der Waals surface area (Å²) in [6, 6.07) is 7.03. The molecular weight excluding hydrogens is 306 g/mol. The van der Waals surface area contributed by atoms with Gasteiger partial charge in [-0.25, -0.2) is 0 Å². The molecule has 0 radical (unpaired) electrons. The number of nitrogens with zero attached hydrogens (tertiary/aromatic N) is 2. The molecule has 0 unspecified atom stereocenters. The van der Waals surface area contributed by atoms with E-state index in [1.807, 2.05) is 10.9 Å². The molecule has 1 aliphatic rings. The topological polar surface area (TPSA) is 76.4 Å². The van der Waals surface area contributed by atoms with Crippen molar-refractivity contribution >= 4 is 5.91 Å². The van der Waals surface area contributed by atoms with Crippen molar-refractivity contribution in [3.63, 3.8) is 0 Å². The van der Waals surface area contributed by atoms with Gasteiger partial charge in [-0.1, -0.05) is 12.1 Å². The zero-order chi connectivity index (χ0) is 16.9. The first-order chi connectivity index (χ1) is 11.7. The number of carbonyl (C=O) groups excluding carboxylic acids is 1. The minimum Gasteiger partial charge on any atom is -0.392 e. The van der Waals surface area contributed by atoms with Gasteiger partial charge in [0.1, 0.15) is 0 Å². The molecule has 0 saturated carbocycles. The normalized spacial score (nSPS) is 16.7. The van der Waals surface area contributed by atoms with Gasteiger partial charge in [0.25, 0.3) is 5.91 Å². The summed E-state index contributed by atoms with van der Waals surface area (Å²) in [5, 5.41) is 16.8. The Morgan fingerprint density at radius 3 is 3.17 bits per heavy atom. The molecule has 1 atom stereocenters. The summed E-state index contributed by atoms with van der Waals surface area (Å²) in [7, 11) is 1.67. The monoisotopic (exact) mass is 329 g/mol. The number of aliphatic hydroxyl groups excluding tert-OH is 1. The van der Waals surface area contributed by atoms with E-state index in [4.69, 9.17) is 4.74 Å². The third-order valence-corrected chi connectivity index (χ3v) is 4.41. The number of ether oxygens (including phenoxy) is 1. The number of benzene rings is 1. The fourth-order valence-corrected chi connectivity index (χ4v) is 3.21. The number of hydrogen-bond acceptors (Lipinski definition) is 4. The second-order valence-electron chi connectivity index (χ2n) is 6.05. The molecule has 0 saturated heterocycles. The maximum Gasteiger partial charge on any atom is 0.251 e. The molecule has 1 amide bonds. The summed E-state index contributed by atoms with van der Waals surface area (Å²) in [4.78, 5) is 12.6. The summed E-state index contributed by atoms with van der Waals surface area (Å²) in [6.07, 6.45) is 4.83. The summed E-state index contributed by atoms with van der Waals surface area (Å²) in [6.45, 7) is 1.20. The Balaban J connectivity index is 1.79. The second-order valence-corrected chi connectivity index (χ2v) is 6.05. The van der Waals surface area contributed by atoms with Crippen molar-refractivity contribution in [3.8, 4) is 0 Å². The lowest BCUT2D eigenvalue weighted by molar-refractivity contribution is 0.0930. The first kappa shape index (κ1) is 16.7. The zero-order valence-corrected chi connectivity index (χ0v) is 13.9. The highest BCUT2D eigenvalue weighted by atomic mass is 16.5. The number of rotatable bonds is 6. The number of carbonyl (C=O) groups is 1. The summed E-state index contributed by atoms with van der Waals surface area (Å²) in [5.41, 5.74) is 3.59. The standard InChI is InChI=1S/C18H23N3O3/c1-24-9-8-21-17-15(11-19-21)6-3-7-16(17)20-18(23)14-5-2-4-13(10-14)12-22/h2,4-5,10-11,16,22H,3,6-9,12H2,1H3,(H,20,23)/t16-/m0/s1. The first-order valence-corrected chi connectivity index (χ1v) is 8.27. The quantitative estimate of drug-likeness (QED) is 0.848. The van der Waals surface area contributed by atoms with Gasteiger partial charge < -0.3 is 15.2 Å². The number of amides is 1. The Morgan fingerprint density at radius 1 is 1.50 bits per heavy atom. The minimum atomic E-state index is -0.123. The fourth-order valence-electron chi connectivity index (χ4n) is 3.21. The number of hydrogen-bond donors (Lipinski definition) is 2. The van der Waals surface area contributed by atoms with E-state index in [9.17, 15) is 9.90 Å². The Labute approximate surface area is 141 Å². The van der Waals surface area contributed by atoms with Crippen molar-refractivity contribution in [2.24, 2.45) is 0 Å². The van der Waals surface area contributed by atoms with Crippen LogP contribution in [0.4, 0.5) is 0 Å². The van der Waals surface area contributed by atoms with Crippen LogP contribution in [0, 0.1) is 0 Å². The van der Waals surface area contributed by atoms with E-state index in [1.165, 1.54) is 5.56 Å². The lowest BCUT2D eigenvalue weighted by Gasteiger charge is -2.25. The van der Waals surface area contributed by atoms with Crippen LogP contribution in [0.2, 0.25) is 0 Å². The van der Waals surface area contributed by atoms with Crippen LogP contribution in [0.25, 0.3) is 0 Å². The highest BCUT2D eigenvalue weighted by Gasteiger charge is 2.26. The lowest BCUT2D eigenvalue weighted by atomic mass is 9.93. The molecule has 0 bridgehead atoms. The molecule has 0 fully saturated rings. The number of nitrogens with one attached hydrogen (secondary N) is 1. The highest BCUT2D eigenvalue weighted by molar-refractivity contribution is 5.94. The molecule has 0 aliphatic heterocycles. The SMILES string of the molecule is COCCn1ncc2c1[C@@H](NC(=O)c1cccc(CO)c1)CCC2. The maximum atomic E-state index is 12.6. The third kappa shape index (κ3) is 3.49. The van der Waals surface area contributed by atoms with Crippen molar-refractivity contribution in [2.45, 2.75) is 38.5 Å². The number of aliphatic hydroxyl groups is 1. The fraction of sp³-hybridized carbons (Fsp3) is 0.444. The van der Waals surface area contributed by atoms with Crippen LogP contribution in [0.5, 0.6) is 0 Å². The lowest BCUT2D eigenvalue weighted by Crippen LogP contribution is -2.32. The predicted molar refractivity (Wildman–Crippen MR) is 89.6 cm³/mol. The largest absolute Gasteiger partial charge is 0.392 e. The molecule has 1 aromatic carbocycles. The van der Waals surface area contributed by atoms with E-state index in [-0.39, 0.29) is 18.6 Å². The molecule has 1 aromatic heterocycles. The van der Waals surface area contributed by atoms with E-state index in [0.717, 1.165) is 30.5 Å². The Kier molecular flexibility index (Phi) is 5.27. The van der Waals surface area contributed by atoms with Gasteiger partial charge in [0.15, 0.2) is 0 Å². The Hall–Kier alpha value is -2.18. The molecule has 128 valence electrons. The molecule has 2 aromatic rings. The number of fused-ring (bicyclic) bond motifs is 1. The van der Waals surface area contributed by atoms with Crippen LogP contribution < -0.4 is 5.32 Å². The molecule has 24 heavy (non-hydrogen) atoms. The summed E-state index contributed by atoms with van der Waals surface area (Å²) >= 11 is 0. The third-order valence-electron chi connectivity index (χ3n) is 4.41. The second kappa shape index (κ2) is 7.59. The van der Waals surface area contributed by atoms with E-state index < -0.39 is 0 Å². The molecule has 6 heteroatoms.